The van der Waals surface area contributed by atoms with Crippen LogP contribution in [0.1, 0.15) is 12.8 Å². The number of rotatable bonds is 2. The first-order valence-electron chi connectivity index (χ1n) is 8.41. The Morgan fingerprint density at radius 3 is 3.29 bits per heavy atom. The number of nitrogens with one attached hydrogen (secondary N) is 1. The largest absolute Gasteiger partial charge is 0.497 e. The summed E-state index contributed by atoms with van der Waals surface area (Å²) in [5.74, 6) is 1.45. The minimum Gasteiger partial charge on any atom is -0.497 e. The van der Waals surface area contributed by atoms with E-state index in [4.69, 9.17) is 9.47 Å². The molecule has 1 aromatic heterocycles. The maximum atomic E-state index is 6.31. The number of hydrogen-bond acceptors (Lipinski definition) is 7. The van der Waals surface area contributed by atoms with Crippen LogP contribution in [-0.2, 0) is 4.74 Å². The molecular formula is C17H20N4O2S. The van der Waals surface area contributed by atoms with Crippen molar-refractivity contribution < 1.29 is 9.47 Å². The molecule has 6 nitrogen and oxygen atoms in total. The van der Waals surface area contributed by atoms with Crippen molar-refractivity contribution >= 4 is 32.7 Å². The van der Waals surface area contributed by atoms with Crippen molar-refractivity contribution in [1.29, 1.82) is 0 Å². The number of piperidine rings is 1. The Morgan fingerprint density at radius 1 is 1.46 bits per heavy atom. The number of benzene rings is 1. The number of hydrogen-bond donors (Lipinski definition) is 1. The van der Waals surface area contributed by atoms with E-state index in [0.29, 0.717) is 11.9 Å². The van der Waals surface area contributed by atoms with Gasteiger partial charge in [0.2, 0.25) is 0 Å². The molecule has 24 heavy (non-hydrogen) atoms. The maximum Gasteiger partial charge on any atom is 0.291 e. The Balaban J connectivity index is 1.34. The van der Waals surface area contributed by atoms with Crippen LogP contribution in [0.15, 0.2) is 23.2 Å². The lowest BCUT2D eigenvalue weighted by Gasteiger charge is -2.28. The summed E-state index contributed by atoms with van der Waals surface area (Å²) < 4.78 is 12.7. The molecule has 3 aliphatic heterocycles. The molecule has 2 fully saturated rings. The molecular weight excluding hydrogens is 324 g/mol. The van der Waals surface area contributed by atoms with Gasteiger partial charge in [-0.2, -0.15) is 0 Å². The zero-order valence-electron chi connectivity index (χ0n) is 13.6. The van der Waals surface area contributed by atoms with Crippen molar-refractivity contribution in [3.63, 3.8) is 0 Å². The third-order valence-electron chi connectivity index (χ3n) is 5.34. The van der Waals surface area contributed by atoms with E-state index < -0.39 is 0 Å². The molecule has 0 amide bonds. The van der Waals surface area contributed by atoms with Crippen LogP contribution < -0.4 is 10.1 Å². The Labute approximate surface area is 144 Å². The summed E-state index contributed by atoms with van der Waals surface area (Å²) in [7, 11) is 1.68. The minimum atomic E-state index is -0.112. The Bertz CT molecular complexity index is 820. The van der Waals surface area contributed by atoms with Gasteiger partial charge in [-0.1, -0.05) is 11.3 Å². The fourth-order valence-corrected chi connectivity index (χ4v) is 5.02. The second-order valence-corrected chi connectivity index (χ2v) is 7.87. The summed E-state index contributed by atoms with van der Waals surface area (Å²) in [6, 6.07) is 6.53. The van der Waals surface area contributed by atoms with Crippen LogP contribution in [0.3, 0.4) is 0 Å². The Hall–Kier alpha value is -1.86. The highest BCUT2D eigenvalue weighted by atomic mass is 32.1. The van der Waals surface area contributed by atoms with E-state index in [1.807, 2.05) is 18.2 Å². The highest BCUT2D eigenvalue weighted by Crippen LogP contribution is 2.41. The average Bonchev–Trinajstić information content (AvgIpc) is 3.24. The van der Waals surface area contributed by atoms with Gasteiger partial charge in [0.15, 0.2) is 5.13 Å². The number of aromatic nitrogens is 1. The quantitative estimate of drug-likeness (QED) is 0.907. The third kappa shape index (κ3) is 2.26. The first-order chi connectivity index (χ1) is 11.7. The van der Waals surface area contributed by atoms with Gasteiger partial charge in [0.25, 0.3) is 6.02 Å². The number of aliphatic imine (C=N–C) groups is 1. The molecule has 3 atom stereocenters. The van der Waals surface area contributed by atoms with E-state index in [0.717, 1.165) is 40.7 Å². The van der Waals surface area contributed by atoms with E-state index in [1.165, 1.54) is 19.4 Å². The molecule has 1 spiro atoms. The standard InChI is InChI=1S/C17H20N4O2S/c1-22-12-4-5-13-14(7-12)24-16(19-13)20-15-18-9-17(23-15)10-21-6-2-3-11(17)8-21/h4-5,7,11H,2-3,6,8-10H2,1H3,(H,18,19,20)/t11-,17-/m0/s1. The van der Waals surface area contributed by atoms with Crippen LogP contribution in [0.5, 0.6) is 5.75 Å². The van der Waals surface area contributed by atoms with Crippen LogP contribution >= 0.6 is 11.3 Å². The summed E-state index contributed by atoms with van der Waals surface area (Å²) in [6.45, 7) is 4.12. The second-order valence-electron chi connectivity index (χ2n) is 6.84. The fourth-order valence-electron chi connectivity index (χ4n) is 4.14. The first-order valence-corrected chi connectivity index (χ1v) is 9.23. The van der Waals surface area contributed by atoms with Gasteiger partial charge in [0, 0.05) is 19.0 Å². The number of nitrogens with zero attached hydrogens (tertiary/aromatic N) is 3. The molecule has 126 valence electrons. The Morgan fingerprint density at radius 2 is 2.42 bits per heavy atom. The summed E-state index contributed by atoms with van der Waals surface area (Å²) >= 11 is 1.59. The van der Waals surface area contributed by atoms with Gasteiger partial charge in [0.05, 0.1) is 23.9 Å². The number of amidine groups is 1. The number of fused-ring (bicyclic) bond motifs is 4. The van der Waals surface area contributed by atoms with E-state index in [2.05, 4.69) is 20.2 Å². The predicted molar refractivity (Wildman–Crippen MR) is 95.1 cm³/mol. The molecule has 2 saturated heterocycles. The predicted octanol–water partition coefficient (Wildman–Crippen LogP) is 2.57. The van der Waals surface area contributed by atoms with Gasteiger partial charge in [0.1, 0.15) is 11.4 Å². The summed E-state index contributed by atoms with van der Waals surface area (Å²) in [5, 5.41) is 4.09. The highest BCUT2D eigenvalue weighted by molar-refractivity contribution is 7.22. The number of ether oxygens (including phenoxy) is 2. The SMILES string of the molecule is COc1ccc2nc(NC3=NC[C@@]4(CN5CCC[C@H]4C5)O3)sc2c1. The molecule has 2 aromatic rings. The lowest BCUT2D eigenvalue weighted by molar-refractivity contribution is 0.0588. The molecule has 7 heteroatoms. The summed E-state index contributed by atoms with van der Waals surface area (Å²) in [6.07, 6.45) is 2.53. The molecule has 5 rings (SSSR count). The number of methoxy groups -OCH3 is 1. The van der Waals surface area contributed by atoms with Gasteiger partial charge < -0.3 is 9.47 Å². The van der Waals surface area contributed by atoms with Crippen molar-refractivity contribution in [2.75, 3.05) is 38.6 Å². The zero-order valence-corrected chi connectivity index (χ0v) is 14.4. The molecule has 0 aliphatic carbocycles. The van der Waals surface area contributed by atoms with E-state index in [-0.39, 0.29) is 5.60 Å². The normalized spacial score (nSPS) is 31.3. The number of anilines is 1. The zero-order chi connectivity index (χ0) is 16.1. The van der Waals surface area contributed by atoms with Crippen molar-refractivity contribution in [3.05, 3.63) is 18.2 Å². The monoisotopic (exact) mass is 344 g/mol. The molecule has 1 aromatic carbocycles. The maximum absolute atomic E-state index is 6.31. The number of thiazole rings is 1. The third-order valence-corrected chi connectivity index (χ3v) is 6.27. The summed E-state index contributed by atoms with van der Waals surface area (Å²) in [4.78, 5) is 11.8. The lowest BCUT2D eigenvalue weighted by atomic mass is 9.87. The van der Waals surface area contributed by atoms with Crippen LogP contribution in [0.4, 0.5) is 5.13 Å². The first kappa shape index (κ1) is 14.5. The second kappa shape index (κ2) is 5.32. The van der Waals surface area contributed by atoms with Crippen molar-refractivity contribution in [2.45, 2.75) is 18.4 Å². The highest BCUT2D eigenvalue weighted by Gasteiger charge is 2.53. The fraction of sp³-hybridized carbons (Fsp3) is 0.529. The molecule has 1 unspecified atom stereocenters. The minimum absolute atomic E-state index is 0.112. The van der Waals surface area contributed by atoms with Crippen LogP contribution in [-0.4, -0.2) is 54.8 Å². The van der Waals surface area contributed by atoms with E-state index in [9.17, 15) is 0 Å². The van der Waals surface area contributed by atoms with Crippen LogP contribution in [0, 0.1) is 5.92 Å². The molecule has 3 aliphatic rings. The Kier molecular flexibility index (Phi) is 3.21. The molecule has 0 radical (unpaired) electrons. The molecule has 2 bridgehead atoms. The summed E-state index contributed by atoms with van der Waals surface area (Å²) in [5.41, 5.74) is 0.845. The molecule has 1 N–H and O–H groups in total. The topological polar surface area (TPSA) is 59.0 Å². The van der Waals surface area contributed by atoms with Gasteiger partial charge in [-0.3, -0.25) is 10.2 Å². The average molecular weight is 344 g/mol. The van der Waals surface area contributed by atoms with Gasteiger partial charge >= 0.3 is 0 Å². The lowest BCUT2D eigenvalue weighted by Crippen LogP contribution is -2.41. The van der Waals surface area contributed by atoms with E-state index >= 15 is 0 Å². The van der Waals surface area contributed by atoms with Crippen LogP contribution in [0.2, 0.25) is 0 Å². The van der Waals surface area contributed by atoms with Crippen molar-refractivity contribution in [2.24, 2.45) is 10.9 Å². The van der Waals surface area contributed by atoms with Crippen LogP contribution in [0.25, 0.3) is 10.2 Å². The van der Waals surface area contributed by atoms with Crippen molar-refractivity contribution in [1.82, 2.24) is 9.88 Å². The molecule has 0 saturated carbocycles. The van der Waals surface area contributed by atoms with E-state index in [1.54, 1.807) is 18.4 Å². The van der Waals surface area contributed by atoms with Gasteiger partial charge in [-0.05, 0) is 37.6 Å². The smallest absolute Gasteiger partial charge is 0.291 e. The van der Waals surface area contributed by atoms with Gasteiger partial charge in [-0.15, -0.1) is 0 Å². The molecule has 4 heterocycles. The van der Waals surface area contributed by atoms with Crippen molar-refractivity contribution in [3.8, 4) is 5.75 Å². The van der Waals surface area contributed by atoms with Gasteiger partial charge in [-0.25, -0.2) is 9.98 Å².